The average Bonchev–Trinajstić information content (AvgIpc) is 2.16. The third kappa shape index (κ3) is 3.37. The molecule has 0 atom stereocenters. The molecular formula is C6H3BaN3O7. The van der Waals surface area contributed by atoms with E-state index in [1.54, 1.807) is 0 Å². The van der Waals surface area contributed by atoms with Crippen LogP contribution in [0.1, 0.15) is 0 Å². The van der Waals surface area contributed by atoms with Gasteiger partial charge in [0.25, 0.3) is 11.4 Å². The molecule has 10 nitrogen and oxygen atoms in total. The number of non-ortho nitro benzene ring substituents is 1. The van der Waals surface area contributed by atoms with Crippen LogP contribution in [0.25, 0.3) is 0 Å². The molecule has 0 heterocycles. The molecule has 0 amide bonds. The minimum atomic E-state index is -1.21. The minimum absolute atomic E-state index is 0. The molecular weight excluding hydrogens is 363 g/mol. The zero-order valence-electron chi connectivity index (χ0n) is 8.10. The Morgan fingerprint density at radius 2 is 1.24 bits per heavy atom. The molecule has 1 aromatic carbocycles. The second-order valence-electron chi connectivity index (χ2n) is 2.60. The Morgan fingerprint density at radius 1 is 0.882 bits per heavy atom. The molecule has 0 aliphatic rings. The smallest absolute Gasteiger partial charge is 0.324 e. The predicted molar refractivity (Wildman–Crippen MR) is 53.8 cm³/mol. The van der Waals surface area contributed by atoms with E-state index >= 15 is 0 Å². The number of rotatable bonds is 3. The Morgan fingerprint density at radius 3 is 1.47 bits per heavy atom. The van der Waals surface area contributed by atoms with Gasteiger partial charge in [-0.25, -0.2) is 0 Å². The minimum Gasteiger partial charge on any atom is -0.497 e. The molecule has 0 aromatic heterocycles. The second kappa shape index (κ2) is 5.92. The first-order valence-corrected chi connectivity index (χ1v) is 3.64. The fraction of sp³-hybridized carbons (Fsp3) is 0. The summed E-state index contributed by atoms with van der Waals surface area (Å²) in [5.74, 6) is -1.21. The number of nitro groups is 3. The Labute approximate surface area is 133 Å². The number of hydrogen-bond acceptors (Lipinski definition) is 7. The average molecular weight is 366 g/mol. The van der Waals surface area contributed by atoms with Gasteiger partial charge >= 0.3 is 11.4 Å². The third-order valence-corrected chi connectivity index (χ3v) is 1.66. The standard InChI is InChI=1S/C6H3N3O7.Ba/c10-6-4(8(13)14)1-3(7(11)12)2-5(6)9(15)16;/h1-2,10H;. The van der Waals surface area contributed by atoms with Gasteiger partial charge in [0.15, 0.2) is 0 Å². The van der Waals surface area contributed by atoms with E-state index < -0.39 is 37.6 Å². The van der Waals surface area contributed by atoms with Gasteiger partial charge in [0, 0.05) is 48.9 Å². The predicted octanol–water partition coefficient (Wildman–Crippen LogP) is 0.736. The van der Waals surface area contributed by atoms with Gasteiger partial charge in [0.1, 0.15) is 0 Å². The molecule has 11 heteroatoms. The molecule has 86 valence electrons. The van der Waals surface area contributed by atoms with Crippen LogP contribution in [-0.2, 0) is 0 Å². The van der Waals surface area contributed by atoms with Crippen molar-refractivity contribution in [3.63, 3.8) is 0 Å². The van der Waals surface area contributed by atoms with Crippen molar-refractivity contribution in [2.45, 2.75) is 0 Å². The van der Waals surface area contributed by atoms with Gasteiger partial charge in [-0.1, -0.05) is 0 Å². The zero-order valence-corrected chi connectivity index (χ0v) is 12.5. The second-order valence-corrected chi connectivity index (χ2v) is 2.60. The van der Waals surface area contributed by atoms with E-state index in [4.69, 9.17) is 5.11 Å². The van der Waals surface area contributed by atoms with Crippen molar-refractivity contribution in [1.82, 2.24) is 0 Å². The van der Waals surface area contributed by atoms with Crippen LogP contribution in [0.2, 0.25) is 0 Å². The van der Waals surface area contributed by atoms with Crippen molar-refractivity contribution >= 4 is 65.9 Å². The Hall–Kier alpha value is -1.21. The zero-order chi connectivity index (χ0) is 12.5. The van der Waals surface area contributed by atoms with Crippen LogP contribution < -0.4 is 0 Å². The molecule has 2 radical (unpaired) electrons. The summed E-state index contributed by atoms with van der Waals surface area (Å²) < 4.78 is 0. The molecule has 0 aliphatic carbocycles. The van der Waals surface area contributed by atoms with E-state index in [9.17, 15) is 30.3 Å². The molecule has 0 bridgehead atoms. The maximum atomic E-state index is 10.4. The Bertz CT molecular complexity index is 467. The first-order chi connectivity index (χ1) is 7.34. The van der Waals surface area contributed by atoms with Gasteiger partial charge in [0.2, 0.25) is 0 Å². The molecule has 0 unspecified atom stereocenters. The van der Waals surface area contributed by atoms with E-state index in [2.05, 4.69) is 0 Å². The summed E-state index contributed by atoms with van der Waals surface area (Å²) in [6.07, 6.45) is 0. The molecule has 1 rings (SSSR count). The fourth-order valence-electron chi connectivity index (χ4n) is 0.974. The van der Waals surface area contributed by atoms with E-state index in [1.807, 2.05) is 0 Å². The number of phenols is 1. The van der Waals surface area contributed by atoms with E-state index in [0.717, 1.165) is 0 Å². The van der Waals surface area contributed by atoms with Crippen molar-refractivity contribution in [2.24, 2.45) is 0 Å². The maximum absolute atomic E-state index is 10.4. The van der Waals surface area contributed by atoms with Crippen LogP contribution in [0.4, 0.5) is 17.1 Å². The molecule has 1 aromatic rings. The quantitative estimate of drug-likeness (QED) is 0.470. The summed E-state index contributed by atoms with van der Waals surface area (Å²) in [6, 6.07) is 0.894. The normalized spacial score (nSPS) is 9.18. The summed E-state index contributed by atoms with van der Waals surface area (Å²) >= 11 is 0. The molecule has 0 fully saturated rings. The van der Waals surface area contributed by atoms with Crippen LogP contribution in [0.5, 0.6) is 5.75 Å². The van der Waals surface area contributed by atoms with Crippen molar-refractivity contribution in [3.8, 4) is 5.75 Å². The van der Waals surface area contributed by atoms with E-state index in [-0.39, 0.29) is 48.9 Å². The largest absolute Gasteiger partial charge is 0.497 e. The maximum Gasteiger partial charge on any atom is 0.324 e. The molecule has 0 saturated carbocycles. The molecule has 0 aliphatic heterocycles. The van der Waals surface area contributed by atoms with Crippen LogP contribution >= 0.6 is 0 Å². The number of phenolic OH excluding ortho intramolecular Hbond substituents is 1. The molecule has 0 saturated heterocycles. The number of benzene rings is 1. The summed E-state index contributed by atoms with van der Waals surface area (Å²) in [5.41, 5.74) is -3.00. The van der Waals surface area contributed by atoms with Crippen molar-refractivity contribution in [1.29, 1.82) is 0 Å². The number of hydrogen-bond donors (Lipinski definition) is 1. The third-order valence-electron chi connectivity index (χ3n) is 1.66. The van der Waals surface area contributed by atoms with Crippen LogP contribution in [0.15, 0.2) is 12.1 Å². The fourth-order valence-corrected chi connectivity index (χ4v) is 0.974. The molecule has 0 spiro atoms. The monoisotopic (exact) mass is 367 g/mol. The summed E-state index contributed by atoms with van der Waals surface area (Å²) in [4.78, 5) is 27.8. The summed E-state index contributed by atoms with van der Waals surface area (Å²) in [6.45, 7) is 0. The summed E-state index contributed by atoms with van der Waals surface area (Å²) in [7, 11) is 0. The van der Waals surface area contributed by atoms with Crippen LogP contribution in [-0.4, -0.2) is 68.8 Å². The van der Waals surface area contributed by atoms with Gasteiger partial charge in [-0.05, 0) is 0 Å². The topological polar surface area (TPSA) is 150 Å². The van der Waals surface area contributed by atoms with E-state index in [0.29, 0.717) is 12.1 Å². The SMILES string of the molecule is O=[N+]([O-])c1cc([N+](=O)[O-])c(O)c([N+](=O)[O-])c1.[Ba]. The number of nitro benzene ring substituents is 3. The Kier molecular flexibility index (Phi) is 5.50. The van der Waals surface area contributed by atoms with E-state index in [1.165, 1.54) is 0 Å². The van der Waals surface area contributed by atoms with Crippen molar-refractivity contribution in [3.05, 3.63) is 42.5 Å². The summed E-state index contributed by atoms with van der Waals surface area (Å²) in [5, 5.41) is 40.2. The van der Waals surface area contributed by atoms with Gasteiger partial charge in [-0.3, -0.25) is 30.3 Å². The van der Waals surface area contributed by atoms with Gasteiger partial charge in [0.05, 0.1) is 26.9 Å². The van der Waals surface area contributed by atoms with Crippen LogP contribution in [0.3, 0.4) is 0 Å². The van der Waals surface area contributed by atoms with Crippen molar-refractivity contribution < 1.29 is 19.9 Å². The Balaban J connectivity index is 0.00000256. The van der Waals surface area contributed by atoms with Gasteiger partial charge in [-0.2, -0.15) is 0 Å². The first kappa shape index (κ1) is 15.8. The molecule has 1 N–H and O–H groups in total. The first-order valence-electron chi connectivity index (χ1n) is 3.64. The number of nitrogens with zero attached hydrogens (tertiary/aromatic N) is 3. The van der Waals surface area contributed by atoms with Gasteiger partial charge < -0.3 is 5.11 Å². The van der Waals surface area contributed by atoms with Crippen molar-refractivity contribution in [2.75, 3.05) is 0 Å². The molecule has 17 heavy (non-hydrogen) atoms. The number of aromatic hydroxyl groups is 1. The van der Waals surface area contributed by atoms with Gasteiger partial charge in [-0.15, -0.1) is 0 Å². The van der Waals surface area contributed by atoms with Crippen LogP contribution in [0, 0.1) is 30.3 Å².